The molecule has 0 aliphatic rings. The molecule has 0 aromatic heterocycles. The standard InChI is InChI=1S/C4H8ClO4P/c1-8-10(7,9-2)4(5)3-6/h3-4H,1-2H3. The van der Waals surface area contributed by atoms with Gasteiger partial charge in [0.05, 0.1) is 0 Å². The van der Waals surface area contributed by atoms with Crippen molar-refractivity contribution in [2.24, 2.45) is 0 Å². The third-order valence-corrected chi connectivity index (χ3v) is 3.49. The smallest absolute Gasteiger partial charge is 0.311 e. The molecule has 0 aliphatic carbocycles. The molecule has 0 amide bonds. The Morgan fingerprint density at radius 3 is 2.00 bits per heavy atom. The molecule has 0 radical (unpaired) electrons. The molecule has 10 heavy (non-hydrogen) atoms. The van der Waals surface area contributed by atoms with Crippen LogP contribution in [0.2, 0.25) is 0 Å². The molecule has 0 aromatic carbocycles. The van der Waals surface area contributed by atoms with Gasteiger partial charge in [-0.1, -0.05) is 0 Å². The van der Waals surface area contributed by atoms with E-state index >= 15 is 0 Å². The number of hydrogen-bond donors (Lipinski definition) is 0. The van der Waals surface area contributed by atoms with Crippen LogP contribution in [-0.2, 0) is 18.4 Å². The molecule has 0 fully saturated rings. The van der Waals surface area contributed by atoms with Gasteiger partial charge in [-0.25, -0.2) is 0 Å². The summed E-state index contributed by atoms with van der Waals surface area (Å²) >= 11 is 5.29. The van der Waals surface area contributed by atoms with Crippen LogP contribution in [0.1, 0.15) is 0 Å². The maximum Gasteiger partial charge on any atom is 0.355 e. The molecular formula is C4H8ClO4P. The SMILES string of the molecule is COP(=O)(OC)C(Cl)C=O. The van der Waals surface area contributed by atoms with Crippen molar-refractivity contribution in [3.63, 3.8) is 0 Å². The monoisotopic (exact) mass is 186 g/mol. The molecule has 0 aromatic rings. The van der Waals surface area contributed by atoms with E-state index in [1.165, 1.54) is 14.2 Å². The van der Waals surface area contributed by atoms with E-state index < -0.39 is 12.7 Å². The third-order valence-electron chi connectivity index (χ3n) is 0.923. The normalized spacial score (nSPS) is 14.7. The fraction of sp³-hybridized carbons (Fsp3) is 0.750. The lowest BCUT2D eigenvalue weighted by Crippen LogP contribution is -2.04. The highest BCUT2D eigenvalue weighted by Gasteiger charge is 2.31. The van der Waals surface area contributed by atoms with Crippen LogP contribution in [0.25, 0.3) is 0 Å². The molecule has 1 unspecified atom stereocenters. The van der Waals surface area contributed by atoms with Crippen molar-refractivity contribution in [1.82, 2.24) is 0 Å². The van der Waals surface area contributed by atoms with Crippen LogP contribution in [0, 0.1) is 0 Å². The minimum atomic E-state index is -3.37. The Kier molecular flexibility index (Phi) is 4.13. The predicted molar refractivity (Wildman–Crippen MR) is 37.3 cm³/mol. The third kappa shape index (κ3) is 2.06. The van der Waals surface area contributed by atoms with Crippen LogP contribution in [0.3, 0.4) is 0 Å². The highest BCUT2D eigenvalue weighted by atomic mass is 35.5. The topological polar surface area (TPSA) is 52.6 Å². The number of carbonyl (C=O) groups excluding carboxylic acids is 1. The van der Waals surface area contributed by atoms with E-state index in [1.807, 2.05) is 0 Å². The van der Waals surface area contributed by atoms with Crippen LogP contribution in [-0.4, -0.2) is 25.6 Å². The molecule has 4 nitrogen and oxygen atoms in total. The Balaban J connectivity index is 4.32. The Bertz CT molecular complexity index is 151. The Morgan fingerprint density at radius 2 is 1.90 bits per heavy atom. The molecular weight excluding hydrogens is 178 g/mol. The van der Waals surface area contributed by atoms with Gasteiger partial charge in [-0.05, 0) is 0 Å². The second-order valence-corrected chi connectivity index (χ2v) is 4.55. The first kappa shape index (κ1) is 10.1. The van der Waals surface area contributed by atoms with Crippen LogP contribution in [0.5, 0.6) is 0 Å². The van der Waals surface area contributed by atoms with Gasteiger partial charge in [0, 0.05) is 14.2 Å². The van der Waals surface area contributed by atoms with E-state index in [0.29, 0.717) is 6.29 Å². The number of halogens is 1. The molecule has 1 atom stereocenters. The number of hydrogen-bond acceptors (Lipinski definition) is 4. The fourth-order valence-corrected chi connectivity index (χ4v) is 1.53. The summed E-state index contributed by atoms with van der Waals surface area (Å²) in [6.07, 6.45) is 0.315. The van der Waals surface area contributed by atoms with Crippen molar-refractivity contribution >= 4 is 25.5 Å². The first-order valence-corrected chi connectivity index (χ1v) is 4.46. The highest BCUT2D eigenvalue weighted by Crippen LogP contribution is 2.52. The van der Waals surface area contributed by atoms with Gasteiger partial charge in [0.2, 0.25) is 0 Å². The summed E-state index contributed by atoms with van der Waals surface area (Å²) in [7, 11) is -1.04. The minimum absolute atomic E-state index is 0.315. The lowest BCUT2D eigenvalue weighted by molar-refractivity contribution is -0.106. The molecule has 0 spiro atoms. The Hall–Kier alpha value is 0.110. The number of rotatable bonds is 4. The van der Waals surface area contributed by atoms with E-state index in [0.717, 1.165) is 0 Å². The van der Waals surface area contributed by atoms with Crippen molar-refractivity contribution in [3.8, 4) is 0 Å². The summed E-state index contributed by atoms with van der Waals surface area (Å²) in [5.41, 5.74) is 0. The van der Waals surface area contributed by atoms with Crippen molar-refractivity contribution < 1.29 is 18.4 Å². The van der Waals surface area contributed by atoms with Crippen LogP contribution < -0.4 is 0 Å². The van der Waals surface area contributed by atoms with E-state index in [-0.39, 0.29) is 0 Å². The maximum absolute atomic E-state index is 11.1. The van der Waals surface area contributed by atoms with Gasteiger partial charge in [0.1, 0.15) is 6.29 Å². The molecule has 60 valence electrons. The average Bonchev–Trinajstić information content (AvgIpc) is 2.01. The van der Waals surface area contributed by atoms with Crippen LogP contribution in [0.4, 0.5) is 0 Å². The molecule has 0 rings (SSSR count). The zero-order valence-electron chi connectivity index (χ0n) is 5.61. The number of carbonyl (C=O) groups is 1. The van der Waals surface area contributed by atoms with Gasteiger partial charge >= 0.3 is 7.60 Å². The highest BCUT2D eigenvalue weighted by molar-refractivity contribution is 7.57. The van der Waals surface area contributed by atoms with E-state index in [9.17, 15) is 9.36 Å². The van der Waals surface area contributed by atoms with Gasteiger partial charge in [0.15, 0.2) is 5.12 Å². The fourth-order valence-electron chi connectivity index (χ4n) is 0.350. The molecule has 6 heteroatoms. The number of alkyl halides is 1. The molecule has 0 heterocycles. The summed E-state index contributed by atoms with van der Waals surface area (Å²) in [6.45, 7) is 0. The first-order valence-electron chi connectivity index (χ1n) is 2.41. The van der Waals surface area contributed by atoms with Gasteiger partial charge in [-0.2, -0.15) is 0 Å². The molecule has 0 aliphatic heterocycles. The predicted octanol–water partition coefficient (Wildman–Crippen LogP) is 1.24. The largest absolute Gasteiger partial charge is 0.355 e. The zero-order valence-corrected chi connectivity index (χ0v) is 7.26. The second kappa shape index (κ2) is 4.09. The molecule has 0 bridgehead atoms. The summed E-state index contributed by atoms with van der Waals surface area (Å²) < 4.78 is 19.9. The Morgan fingerprint density at radius 1 is 1.50 bits per heavy atom. The minimum Gasteiger partial charge on any atom is -0.311 e. The van der Waals surface area contributed by atoms with Gasteiger partial charge in [-0.3, -0.25) is 4.57 Å². The van der Waals surface area contributed by atoms with Gasteiger partial charge < -0.3 is 13.8 Å². The summed E-state index contributed by atoms with van der Waals surface area (Å²) in [4.78, 5) is 10.0. The van der Waals surface area contributed by atoms with Gasteiger partial charge in [0.25, 0.3) is 0 Å². The Labute approximate surface area is 64.0 Å². The van der Waals surface area contributed by atoms with Gasteiger partial charge in [-0.15, -0.1) is 11.6 Å². The first-order chi connectivity index (χ1) is 4.60. The number of aldehydes is 1. The second-order valence-electron chi connectivity index (χ2n) is 1.41. The van der Waals surface area contributed by atoms with Crippen molar-refractivity contribution in [2.45, 2.75) is 5.12 Å². The average molecular weight is 187 g/mol. The van der Waals surface area contributed by atoms with Crippen molar-refractivity contribution in [1.29, 1.82) is 0 Å². The van der Waals surface area contributed by atoms with E-state index in [4.69, 9.17) is 11.6 Å². The quantitative estimate of drug-likeness (QED) is 0.377. The van der Waals surface area contributed by atoms with Crippen molar-refractivity contribution in [2.75, 3.05) is 14.2 Å². The lowest BCUT2D eigenvalue weighted by atomic mass is 10.9. The maximum atomic E-state index is 11.1. The van der Waals surface area contributed by atoms with E-state index in [1.54, 1.807) is 0 Å². The molecule has 0 saturated carbocycles. The lowest BCUT2D eigenvalue weighted by Gasteiger charge is -2.13. The summed E-state index contributed by atoms with van der Waals surface area (Å²) in [6, 6.07) is 0. The molecule has 0 saturated heterocycles. The van der Waals surface area contributed by atoms with E-state index in [2.05, 4.69) is 9.05 Å². The summed E-state index contributed by atoms with van der Waals surface area (Å²) in [5, 5.41) is -1.22. The van der Waals surface area contributed by atoms with Crippen LogP contribution in [0.15, 0.2) is 0 Å². The van der Waals surface area contributed by atoms with Crippen molar-refractivity contribution in [3.05, 3.63) is 0 Å². The molecule has 0 N–H and O–H groups in total. The zero-order chi connectivity index (χ0) is 8.20. The van der Waals surface area contributed by atoms with Crippen LogP contribution >= 0.6 is 19.2 Å². The summed E-state index contributed by atoms with van der Waals surface area (Å²) in [5.74, 6) is 0.